The summed E-state index contributed by atoms with van der Waals surface area (Å²) >= 11 is 0. The van der Waals surface area contributed by atoms with Gasteiger partial charge in [0.2, 0.25) is 5.91 Å². The Morgan fingerprint density at radius 1 is 1.05 bits per heavy atom. The Labute approximate surface area is 125 Å². The molecule has 0 radical (unpaired) electrons. The first kappa shape index (κ1) is 14.5. The fourth-order valence-electron chi connectivity index (χ4n) is 3.30. The number of carbonyl (C=O) groups is 3. The normalized spacial score (nSPS) is 29.3. The lowest BCUT2D eigenvalue weighted by atomic mass is 9.78. The second kappa shape index (κ2) is 5.42. The van der Waals surface area contributed by atoms with Crippen LogP contribution in [-0.4, -0.2) is 30.1 Å². The van der Waals surface area contributed by atoms with Crippen LogP contribution in [-0.2, 0) is 14.3 Å². The van der Waals surface area contributed by atoms with Crippen molar-refractivity contribution in [1.29, 1.82) is 0 Å². The molecule has 1 aromatic rings. The second-order valence-corrected chi connectivity index (χ2v) is 5.48. The van der Waals surface area contributed by atoms with Gasteiger partial charge in [-0.05, 0) is 18.9 Å². The quantitative estimate of drug-likeness (QED) is 0.725. The van der Waals surface area contributed by atoms with Crippen LogP contribution >= 0.6 is 0 Å². The topological polar surface area (TPSA) is 119 Å². The highest BCUT2D eigenvalue weighted by Crippen LogP contribution is 2.43. The summed E-state index contributed by atoms with van der Waals surface area (Å²) in [7, 11) is 0. The number of aliphatic carboxylic acids is 1. The van der Waals surface area contributed by atoms with E-state index >= 15 is 0 Å². The largest absolute Gasteiger partial charge is 0.550 e. The summed E-state index contributed by atoms with van der Waals surface area (Å²) in [5.74, 6) is -5.19. The van der Waals surface area contributed by atoms with E-state index in [1.165, 1.54) is 18.2 Å². The van der Waals surface area contributed by atoms with Gasteiger partial charge in [0.25, 0.3) is 0 Å². The van der Waals surface area contributed by atoms with Crippen molar-refractivity contribution in [3.05, 3.63) is 29.8 Å². The van der Waals surface area contributed by atoms with Gasteiger partial charge in [0, 0.05) is 23.1 Å². The van der Waals surface area contributed by atoms with Gasteiger partial charge in [0.15, 0.2) is 0 Å². The van der Waals surface area contributed by atoms with Gasteiger partial charge in [-0.3, -0.25) is 4.79 Å². The summed E-state index contributed by atoms with van der Waals surface area (Å²) in [6.45, 7) is 0. The zero-order chi connectivity index (χ0) is 15.9. The molecule has 0 spiro atoms. The zero-order valence-electron chi connectivity index (χ0n) is 11.5. The second-order valence-electron chi connectivity index (χ2n) is 5.48. The molecule has 4 atom stereocenters. The summed E-state index contributed by atoms with van der Waals surface area (Å²) in [6, 6.07) is 5.80. The van der Waals surface area contributed by atoms with Crippen molar-refractivity contribution in [3.63, 3.8) is 0 Å². The van der Waals surface area contributed by atoms with Gasteiger partial charge in [0.1, 0.15) is 0 Å². The van der Waals surface area contributed by atoms with Crippen LogP contribution in [0.25, 0.3) is 0 Å². The number of hydrogen-bond donors (Lipinski definition) is 1. The third-order valence-corrected chi connectivity index (χ3v) is 4.25. The van der Waals surface area contributed by atoms with E-state index in [4.69, 9.17) is 4.74 Å². The minimum atomic E-state index is -1.42. The number of hydrogen-bond acceptors (Lipinski definition) is 6. The van der Waals surface area contributed by atoms with E-state index in [1.807, 2.05) is 0 Å². The Kier molecular flexibility index (Phi) is 3.58. The number of fused-ring (bicyclic) bond motifs is 2. The minimum Gasteiger partial charge on any atom is -0.550 e. The van der Waals surface area contributed by atoms with Crippen LogP contribution in [0.1, 0.15) is 23.2 Å². The predicted octanol–water partition coefficient (Wildman–Crippen LogP) is -1.47. The van der Waals surface area contributed by atoms with E-state index in [0.29, 0.717) is 12.8 Å². The number of ether oxygens (including phenoxy) is 1. The van der Waals surface area contributed by atoms with E-state index < -0.39 is 41.9 Å². The first-order valence-electron chi connectivity index (χ1n) is 6.96. The van der Waals surface area contributed by atoms with Crippen LogP contribution in [0.4, 0.5) is 5.69 Å². The van der Waals surface area contributed by atoms with Gasteiger partial charge in [-0.2, -0.15) is 0 Å². The highest BCUT2D eigenvalue weighted by Gasteiger charge is 2.52. The summed E-state index contributed by atoms with van der Waals surface area (Å²) in [4.78, 5) is 34.7. The zero-order valence-corrected chi connectivity index (χ0v) is 11.5. The van der Waals surface area contributed by atoms with Crippen molar-refractivity contribution in [2.75, 3.05) is 5.32 Å². The molecule has 1 N–H and O–H groups in total. The van der Waals surface area contributed by atoms with Gasteiger partial charge in [-0.25, -0.2) is 0 Å². The number of carboxylic acid groups (broad SMARTS) is 2. The Bertz CT molecular complexity index is 643. The Morgan fingerprint density at radius 3 is 2.32 bits per heavy atom. The first-order chi connectivity index (χ1) is 10.5. The van der Waals surface area contributed by atoms with Gasteiger partial charge >= 0.3 is 0 Å². The Balaban J connectivity index is 1.83. The summed E-state index contributed by atoms with van der Waals surface area (Å²) < 4.78 is 5.48. The highest BCUT2D eigenvalue weighted by atomic mass is 16.5. The van der Waals surface area contributed by atoms with Crippen LogP contribution in [0.5, 0.6) is 0 Å². The molecule has 0 aliphatic carbocycles. The van der Waals surface area contributed by atoms with Crippen molar-refractivity contribution in [3.8, 4) is 0 Å². The van der Waals surface area contributed by atoms with Crippen LogP contribution in [0.3, 0.4) is 0 Å². The van der Waals surface area contributed by atoms with E-state index in [1.54, 1.807) is 6.07 Å². The molecule has 2 aliphatic rings. The monoisotopic (exact) mass is 303 g/mol. The number of aromatic carboxylic acids is 1. The molecule has 2 bridgehead atoms. The van der Waals surface area contributed by atoms with Gasteiger partial charge < -0.3 is 29.9 Å². The van der Waals surface area contributed by atoms with Crippen LogP contribution in [0.15, 0.2) is 24.3 Å². The molecule has 2 fully saturated rings. The maximum absolute atomic E-state index is 12.4. The van der Waals surface area contributed by atoms with Crippen molar-refractivity contribution < 1.29 is 29.3 Å². The maximum Gasteiger partial charge on any atom is 0.230 e. The number of rotatable bonds is 4. The molecule has 22 heavy (non-hydrogen) atoms. The van der Waals surface area contributed by atoms with Gasteiger partial charge in [-0.15, -0.1) is 0 Å². The Hall–Kier alpha value is -2.41. The lowest BCUT2D eigenvalue weighted by Gasteiger charge is -2.28. The molecule has 1 aromatic carbocycles. The molecule has 7 heteroatoms. The fourth-order valence-corrected chi connectivity index (χ4v) is 3.30. The number of benzene rings is 1. The van der Waals surface area contributed by atoms with Crippen LogP contribution in [0.2, 0.25) is 0 Å². The molecule has 0 unspecified atom stereocenters. The number of para-hydroxylation sites is 1. The number of amides is 1. The van der Waals surface area contributed by atoms with Crippen molar-refractivity contribution in [1.82, 2.24) is 0 Å². The number of nitrogens with one attached hydrogen (secondary N) is 1. The molecule has 7 nitrogen and oxygen atoms in total. The van der Waals surface area contributed by atoms with Crippen LogP contribution < -0.4 is 15.5 Å². The predicted molar refractivity (Wildman–Crippen MR) is 69.3 cm³/mol. The van der Waals surface area contributed by atoms with E-state index in [0.717, 1.165) is 0 Å². The lowest BCUT2D eigenvalue weighted by molar-refractivity contribution is -0.313. The summed E-state index contributed by atoms with van der Waals surface area (Å²) in [5, 5.41) is 24.8. The fraction of sp³-hybridized carbons (Fsp3) is 0.400. The smallest absolute Gasteiger partial charge is 0.230 e. The average molecular weight is 303 g/mol. The summed E-state index contributed by atoms with van der Waals surface area (Å²) in [5.41, 5.74) is -0.0858. The van der Waals surface area contributed by atoms with E-state index in [9.17, 15) is 24.6 Å². The third-order valence-electron chi connectivity index (χ3n) is 4.25. The molecule has 116 valence electrons. The molecular weight excluding hydrogens is 290 g/mol. The number of anilines is 1. The molecule has 2 aliphatic heterocycles. The maximum atomic E-state index is 12.4. The Morgan fingerprint density at radius 2 is 1.68 bits per heavy atom. The average Bonchev–Trinajstić information content (AvgIpc) is 3.08. The van der Waals surface area contributed by atoms with Crippen LogP contribution in [0, 0.1) is 11.8 Å². The highest BCUT2D eigenvalue weighted by molar-refractivity contribution is 6.01. The molecule has 2 heterocycles. The number of carboxylic acids is 2. The molecule has 0 saturated carbocycles. The molecule has 0 aromatic heterocycles. The van der Waals surface area contributed by atoms with Gasteiger partial charge in [-0.1, -0.05) is 18.2 Å². The van der Waals surface area contributed by atoms with Crippen molar-refractivity contribution >= 4 is 23.5 Å². The number of carbonyl (C=O) groups excluding carboxylic acids is 3. The molecule has 1 amide bonds. The summed E-state index contributed by atoms with van der Waals surface area (Å²) in [6.07, 6.45) is 0.211. The SMILES string of the molecule is O=C([O-])c1ccccc1NC(=O)[C@@H]1[C@@H](C(=O)[O-])[C@@H]2CC[C@H]1O2. The van der Waals surface area contributed by atoms with Crippen molar-refractivity contribution in [2.45, 2.75) is 25.0 Å². The first-order valence-corrected chi connectivity index (χ1v) is 6.96. The molecular formula is C15H13NO6-2. The standard InChI is InChI=1S/C15H15NO6/c17-13(16-8-4-2-1-3-7(8)14(18)19)11-9-5-6-10(22-9)12(11)15(20)21/h1-4,9-12H,5-6H2,(H,16,17)(H,18,19)(H,20,21)/p-2/t9-,10+,11+,12+/m1/s1. The lowest BCUT2D eigenvalue weighted by Crippen LogP contribution is -2.46. The van der Waals surface area contributed by atoms with E-state index in [-0.39, 0.29) is 11.3 Å². The van der Waals surface area contributed by atoms with E-state index in [2.05, 4.69) is 5.32 Å². The molecule has 3 rings (SSSR count). The third kappa shape index (κ3) is 2.33. The van der Waals surface area contributed by atoms with Crippen molar-refractivity contribution in [2.24, 2.45) is 11.8 Å². The van der Waals surface area contributed by atoms with Gasteiger partial charge in [0.05, 0.1) is 24.1 Å². The minimum absolute atomic E-state index is 0.0763. The molecule has 2 saturated heterocycles.